The van der Waals surface area contributed by atoms with E-state index >= 15 is 0 Å². The zero-order valence-electron chi connectivity index (χ0n) is 14.4. The van der Waals surface area contributed by atoms with Gasteiger partial charge in [-0.15, -0.1) is 11.3 Å². The fourth-order valence-corrected chi connectivity index (χ4v) is 3.60. The molecule has 4 rings (SSSR count). The number of benzene rings is 2. The zero-order valence-corrected chi connectivity index (χ0v) is 16.0. The van der Waals surface area contributed by atoms with Gasteiger partial charge in [0.25, 0.3) is 5.91 Å². The maximum absolute atomic E-state index is 13.7. The largest absolute Gasteiger partial charge is 0.322 e. The lowest BCUT2D eigenvalue weighted by molar-refractivity contribution is 0.102. The summed E-state index contributed by atoms with van der Waals surface area (Å²) >= 11 is 7.94. The van der Waals surface area contributed by atoms with Gasteiger partial charge in [0.05, 0.1) is 11.8 Å². The first-order valence-electron chi connectivity index (χ1n) is 8.32. The van der Waals surface area contributed by atoms with Gasteiger partial charge in [-0.05, 0) is 35.9 Å². The van der Waals surface area contributed by atoms with Crippen molar-refractivity contribution in [1.29, 1.82) is 0 Å². The van der Waals surface area contributed by atoms with E-state index in [9.17, 15) is 9.18 Å². The zero-order chi connectivity index (χ0) is 19.5. The van der Waals surface area contributed by atoms with Crippen molar-refractivity contribution in [2.45, 2.75) is 0 Å². The molecular formula is C21H13ClFN3OS. The van der Waals surface area contributed by atoms with E-state index < -0.39 is 11.7 Å². The predicted molar refractivity (Wildman–Crippen MR) is 110 cm³/mol. The molecule has 1 amide bonds. The van der Waals surface area contributed by atoms with Crippen LogP contribution in [0.25, 0.3) is 21.7 Å². The van der Waals surface area contributed by atoms with Crippen molar-refractivity contribution in [1.82, 2.24) is 9.97 Å². The van der Waals surface area contributed by atoms with E-state index in [0.717, 1.165) is 27.9 Å². The quantitative estimate of drug-likeness (QED) is 0.455. The molecule has 2 heterocycles. The van der Waals surface area contributed by atoms with Crippen molar-refractivity contribution >= 4 is 34.5 Å². The SMILES string of the molecule is O=C(Nc1ccc(-c2cc(-c3nccs3)ccc2Cl)cc1)c1ccncc1F. The highest BCUT2D eigenvalue weighted by Gasteiger charge is 2.12. The summed E-state index contributed by atoms with van der Waals surface area (Å²) < 4.78 is 13.7. The van der Waals surface area contributed by atoms with Crippen LogP contribution in [0.4, 0.5) is 10.1 Å². The predicted octanol–water partition coefficient (Wildman–Crippen LogP) is 5.92. The van der Waals surface area contributed by atoms with E-state index in [2.05, 4.69) is 15.3 Å². The van der Waals surface area contributed by atoms with Crippen molar-refractivity contribution < 1.29 is 9.18 Å². The molecule has 7 heteroatoms. The Bertz CT molecular complexity index is 1130. The van der Waals surface area contributed by atoms with Crippen LogP contribution in [0.1, 0.15) is 10.4 Å². The molecule has 1 N–H and O–H groups in total. The van der Waals surface area contributed by atoms with Crippen molar-refractivity contribution in [3.63, 3.8) is 0 Å². The van der Waals surface area contributed by atoms with E-state index in [1.807, 2.05) is 35.7 Å². The maximum atomic E-state index is 13.7. The van der Waals surface area contributed by atoms with Crippen molar-refractivity contribution in [2.75, 3.05) is 5.32 Å². The van der Waals surface area contributed by atoms with Gasteiger partial charge in [-0.2, -0.15) is 0 Å². The first kappa shape index (κ1) is 18.3. The van der Waals surface area contributed by atoms with Crippen LogP contribution >= 0.6 is 22.9 Å². The molecule has 4 aromatic rings. The highest BCUT2D eigenvalue weighted by Crippen LogP contribution is 2.33. The fraction of sp³-hybridized carbons (Fsp3) is 0. The average Bonchev–Trinajstić information content (AvgIpc) is 3.24. The lowest BCUT2D eigenvalue weighted by Crippen LogP contribution is -2.13. The molecular weight excluding hydrogens is 397 g/mol. The number of nitrogens with one attached hydrogen (secondary N) is 1. The number of carbonyl (C=O) groups excluding carboxylic acids is 1. The molecule has 0 saturated heterocycles. The third kappa shape index (κ3) is 3.78. The van der Waals surface area contributed by atoms with E-state index in [1.165, 1.54) is 12.3 Å². The number of pyridine rings is 1. The van der Waals surface area contributed by atoms with Crippen LogP contribution in [-0.2, 0) is 0 Å². The maximum Gasteiger partial charge on any atom is 0.258 e. The summed E-state index contributed by atoms with van der Waals surface area (Å²) in [4.78, 5) is 20.2. The number of halogens is 2. The first-order chi connectivity index (χ1) is 13.6. The van der Waals surface area contributed by atoms with E-state index in [-0.39, 0.29) is 5.56 Å². The van der Waals surface area contributed by atoms with Crippen LogP contribution in [0, 0.1) is 5.82 Å². The Balaban J connectivity index is 1.58. The first-order valence-corrected chi connectivity index (χ1v) is 9.58. The van der Waals surface area contributed by atoms with Gasteiger partial charge in [-0.1, -0.05) is 29.8 Å². The summed E-state index contributed by atoms with van der Waals surface area (Å²) in [6.07, 6.45) is 4.14. The van der Waals surface area contributed by atoms with Gasteiger partial charge in [-0.3, -0.25) is 9.78 Å². The third-order valence-electron chi connectivity index (χ3n) is 4.12. The van der Waals surface area contributed by atoms with E-state index in [4.69, 9.17) is 11.6 Å². The van der Waals surface area contributed by atoms with Crippen LogP contribution in [-0.4, -0.2) is 15.9 Å². The van der Waals surface area contributed by atoms with Gasteiger partial charge < -0.3 is 5.32 Å². The Kier molecular flexibility index (Phi) is 5.14. The molecule has 2 aromatic carbocycles. The molecule has 4 nitrogen and oxygen atoms in total. The Morgan fingerprint density at radius 1 is 1.04 bits per heavy atom. The topological polar surface area (TPSA) is 54.9 Å². The molecule has 0 saturated carbocycles. The standard InChI is InChI=1S/C21H13ClFN3OS/c22-18-6-3-14(21-25-9-10-28-21)11-17(18)13-1-4-15(5-2-13)26-20(27)16-7-8-24-12-19(16)23/h1-12H,(H,26,27). The molecule has 0 aliphatic rings. The molecule has 0 radical (unpaired) electrons. The molecule has 0 bridgehead atoms. The Hall–Kier alpha value is -3.09. The molecule has 0 fully saturated rings. The third-order valence-corrected chi connectivity index (χ3v) is 5.27. The minimum absolute atomic E-state index is 0.0572. The number of amides is 1. The summed E-state index contributed by atoms with van der Waals surface area (Å²) in [7, 11) is 0. The second-order valence-electron chi connectivity index (χ2n) is 5.92. The van der Waals surface area contributed by atoms with Crippen LogP contribution in [0.5, 0.6) is 0 Å². The van der Waals surface area contributed by atoms with Gasteiger partial charge in [-0.25, -0.2) is 9.37 Å². The monoisotopic (exact) mass is 409 g/mol. The van der Waals surface area contributed by atoms with Crippen molar-refractivity contribution in [3.05, 3.63) is 88.9 Å². The number of thiazole rings is 1. The molecule has 0 aliphatic carbocycles. The van der Waals surface area contributed by atoms with Gasteiger partial charge in [0.2, 0.25) is 0 Å². The Labute approximate surface area is 169 Å². The average molecular weight is 410 g/mol. The second-order valence-corrected chi connectivity index (χ2v) is 7.22. The summed E-state index contributed by atoms with van der Waals surface area (Å²) in [6.45, 7) is 0. The van der Waals surface area contributed by atoms with Crippen LogP contribution < -0.4 is 5.32 Å². The molecule has 138 valence electrons. The summed E-state index contributed by atoms with van der Waals surface area (Å²) in [5.74, 6) is -1.20. The number of carbonyl (C=O) groups is 1. The molecule has 0 spiro atoms. The number of hydrogen-bond donors (Lipinski definition) is 1. The van der Waals surface area contributed by atoms with Crippen LogP contribution in [0.2, 0.25) is 5.02 Å². The normalized spacial score (nSPS) is 10.6. The Morgan fingerprint density at radius 2 is 1.82 bits per heavy atom. The summed E-state index contributed by atoms with van der Waals surface area (Å²) in [5.41, 5.74) is 3.25. The minimum Gasteiger partial charge on any atom is -0.322 e. The van der Waals surface area contributed by atoms with Gasteiger partial charge in [0.1, 0.15) is 5.01 Å². The molecule has 28 heavy (non-hydrogen) atoms. The number of aromatic nitrogens is 2. The minimum atomic E-state index is -0.664. The number of hydrogen-bond acceptors (Lipinski definition) is 4. The smallest absolute Gasteiger partial charge is 0.258 e. The van der Waals surface area contributed by atoms with Gasteiger partial charge in [0.15, 0.2) is 5.82 Å². The van der Waals surface area contributed by atoms with E-state index in [0.29, 0.717) is 10.7 Å². The van der Waals surface area contributed by atoms with Gasteiger partial charge >= 0.3 is 0 Å². The number of rotatable bonds is 4. The van der Waals surface area contributed by atoms with Crippen LogP contribution in [0.3, 0.4) is 0 Å². The summed E-state index contributed by atoms with van der Waals surface area (Å²) in [6, 6.07) is 14.3. The van der Waals surface area contributed by atoms with Crippen molar-refractivity contribution in [3.8, 4) is 21.7 Å². The number of anilines is 1. The molecule has 0 aliphatic heterocycles. The summed E-state index contributed by atoms with van der Waals surface area (Å²) in [5, 5.41) is 6.14. The van der Waals surface area contributed by atoms with Crippen molar-refractivity contribution in [2.24, 2.45) is 0 Å². The lowest BCUT2D eigenvalue weighted by Gasteiger charge is -2.09. The molecule has 2 aromatic heterocycles. The fourth-order valence-electron chi connectivity index (χ4n) is 2.74. The number of nitrogens with zero attached hydrogens (tertiary/aromatic N) is 2. The second kappa shape index (κ2) is 7.88. The van der Waals surface area contributed by atoms with Gasteiger partial charge in [0, 0.05) is 39.6 Å². The van der Waals surface area contributed by atoms with Crippen LogP contribution in [0.15, 0.2) is 72.5 Å². The lowest BCUT2D eigenvalue weighted by atomic mass is 10.0. The highest BCUT2D eigenvalue weighted by molar-refractivity contribution is 7.13. The Morgan fingerprint density at radius 3 is 2.54 bits per heavy atom. The molecule has 0 atom stereocenters. The molecule has 0 unspecified atom stereocenters. The van der Waals surface area contributed by atoms with E-state index in [1.54, 1.807) is 29.7 Å². The highest BCUT2D eigenvalue weighted by atomic mass is 35.5.